The molecule has 0 aliphatic carbocycles. The van der Waals surface area contributed by atoms with Crippen molar-refractivity contribution in [1.82, 2.24) is 15.6 Å². The van der Waals surface area contributed by atoms with E-state index in [1.165, 1.54) is 0 Å². The Morgan fingerprint density at radius 1 is 1.24 bits per heavy atom. The normalized spacial score (nSPS) is 11.5. The molecule has 0 unspecified atom stereocenters. The van der Waals surface area contributed by atoms with Crippen molar-refractivity contribution in [1.29, 1.82) is 0 Å². The molecule has 0 amide bonds. The van der Waals surface area contributed by atoms with E-state index in [9.17, 15) is 8.78 Å². The molecule has 134 valence electrons. The number of nitrogens with zero attached hydrogens (tertiary/aromatic N) is 2. The molecule has 5 nitrogen and oxygen atoms in total. The summed E-state index contributed by atoms with van der Waals surface area (Å²) in [6.07, 6.45) is 1.72. The first-order valence-corrected chi connectivity index (χ1v) is 8.05. The first-order valence-electron chi connectivity index (χ1n) is 8.05. The Morgan fingerprint density at radius 3 is 2.76 bits per heavy atom. The first kappa shape index (κ1) is 18.6. The Hall–Kier alpha value is -2.70. The number of guanidine groups is 1. The summed E-state index contributed by atoms with van der Waals surface area (Å²) in [6, 6.07) is 10.7. The van der Waals surface area contributed by atoms with Gasteiger partial charge >= 0.3 is 6.61 Å². The smallest absolute Gasteiger partial charge is 0.387 e. The average molecular weight is 348 g/mol. The summed E-state index contributed by atoms with van der Waals surface area (Å²) in [5, 5.41) is 6.29. The van der Waals surface area contributed by atoms with Crippen molar-refractivity contribution in [3.63, 3.8) is 0 Å². The molecule has 2 aromatic rings. The summed E-state index contributed by atoms with van der Waals surface area (Å²) in [4.78, 5) is 8.69. The van der Waals surface area contributed by atoms with Gasteiger partial charge in [-0.05, 0) is 32.0 Å². The topological polar surface area (TPSA) is 58.5 Å². The van der Waals surface area contributed by atoms with Crippen molar-refractivity contribution in [3.8, 4) is 5.75 Å². The van der Waals surface area contributed by atoms with Crippen LogP contribution in [0.1, 0.15) is 23.7 Å². The molecule has 1 aromatic carbocycles. The third-order valence-corrected chi connectivity index (χ3v) is 3.35. The number of hydrogen-bond acceptors (Lipinski definition) is 3. The standard InChI is InChI=1S/C18H22F2N4O/c1-3-21-18(24-12-15-6-4-5-9-22-15)23-11-14-10-13(2)7-8-16(14)25-17(19)20/h4-10,17H,3,11-12H2,1-2H3,(H2,21,23,24). The number of aliphatic imine (C=N–C) groups is 1. The number of alkyl halides is 2. The highest BCUT2D eigenvalue weighted by Gasteiger charge is 2.10. The second kappa shape index (κ2) is 9.56. The summed E-state index contributed by atoms with van der Waals surface area (Å²) >= 11 is 0. The minimum atomic E-state index is -2.86. The summed E-state index contributed by atoms with van der Waals surface area (Å²) < 4.78 is 29.6. The molecular formula is C18H22F2N4O. The summed E-state index contributed by atoms with van der Waals surface area (Å²) in [5.41, 5.74) is 2.44. The maximum atomic E-state index is 12.5. The van der Waals surface area contributed by atoms with Gasteiger partial charge in [-0.1, -0.05) is 23.8 Å². The lowest BCUT2D eigenvalue weighted by molar-refractivity contribution is -0.0504. The first-order chi connectivity index (χ1) is 12.1. The Labute approximate surface area is 146 Å². The average Bonchev–Trinajstić information content (AvgIpc) is 2.60. The van der Waals surface area contributed by atoms with E-state index in [0.717, 1.165) is 11.3 Å². The van der Waals surface area contributed by atoms with E-state index >= 15 is 0 Å². The maximum Gasteiger partial charge on any atom is 0.387 e. The van der Waals surface area contributed by atoms with E-state index in [2.05, 4.69) is 25.3 Å². The highest BCUT2D eigenvalue weighted by atomic mass is 19.3. The zero-order valence-corrected chi connectivity index (χ0v) is 14.3. The van der Waals surface area contributed by atoms with Gasteiger partial charge in [-0.25, -0.2) is 4.99 Å². The van der Waals surface area contributed by atoms with Crippen LogP contribution < -0.4 is 15.4 Å². The lowest BCUT2D eigenvalue weighted by Gasteiger charge is -2.13. The quantitative estimate of drug-likeness (QED) is 0.596. The molecule has 25 heavy (non-hydrogen) atoms. The van der Waals surface area contributed by atoms with Gasteiger partial charge in [-0.15, -0.1) is 0 Å². The predicted molar refractivity (Wildman–Crippen MR) is 93.7 cm³/mol. The van der Waals surface area contributed by atoms with Gasteiger partial charge in [-0.2, -0.15) is 8.78 Å². The minimum Gasteiger partial charge on any atom is -0.434 e. The number of benzene rings is 1. The lowest BCUT2D eigenvalue weighted by atomic mass is 10.1. The molecular weight excluding hydrogens is 326 g/mol. The predicted octanol–water partition coefficient (Wildman–Crippen LogP) is 3.25. The molecule has 2 N–H and O–H groups in total. The number of aromatic nitrogens is 1. The number of halogens is 2. The zero-order chi connectivity index (χ0) is 18.1. The van der Waals surface area contributed by atoms with E-state index in [1.807, 2.05) is 32.0 Å². The van der Waals surface area contributed by atoms with Gasteiger partial charge in [0.15, 0.2) is 5.96 Å². The Morgan fingerprint density at radius 2 is 2.08 bits per heavy atom. The van der Waals surface area contributed by atoms with Crippen LogP contribution in [0.25, 0.3) is 0 Å². The van der Waals surface area contributed by atoms with E-state index < -0.39 is 6.61 Å². The molecule has 1 aromatic heterocycles. The van der Waals surface area contributed by atoms with E-state index in [4.69, 9.17) is 0 Å². The summed E-state index contributed by atoms with van der Waals surface area (Å²) in [5.74, 6) is 0.725. The van der Waals surface area contributed by atoms with Gasteiger partial charge in [0.1, 0.15) is 5.75 Å². The van der Waals surface area contributed by atoms with Crippen molar-refractivity contribution < 1.29 is 13.5 Å². The zero-order valence-electron chi connectivity index (χ0n) is 14.3. The fourth-order valence-corrected chi connectivity index (χ4v) is 2.23. The molecule has 7 heteroatoms. The monoisotopic (exact) mass is 348 g/mol. The third-order valence-electron chi connectivity index (χ3n) is 3.35. The van der Waals surface area contributed by atoms with Gasteiger partial charge in [-0.3, -0.25) is 4.98 Å². The van der Waals surface area contributed by atoms with E-state index in [1.54, 1.807) is 24.4 Å². The summed E-state index contributed by atoms with van der Waals surface area (Å²) in [7, 11) is 0. The number of aryl methyl sites for hydroxylation is 1. The number of nitrogens with one attached hydrogen (secondary N) is 2. The molecule has 0 saturated carbocycles. The molecule has 0 atom stereocenters. The number of hydrogen-bond donors (Lipinski definition) is 2. The van der Waals surface area contributed by atoms with Crippen LogP contribution in [0.4, 0.5) is 8.78 Å². The molecule has 0 radical (unpaired) electrons. The molecule has 2 rings (SSSR count). The Bertz CT molecular complexity index is 693. The van der Waals surface area contributed by atoms with Crippen LogP contribution in [0, 0.1) is 6.92 Å². The van der Waals surface area contributed by atoms with Crippen LogP contribution >= 0.6 is 0 Å². The van der Waals surface area contributed by atoms with Crippen molar-refractivity contribution in [2.24, 2.45) is 4.99 Å². The van der Waals surface area contributed by atoms with Crippen LogP contribution in [0.15, 0.2) is 47.6 Å². The molecule has 0 spiro atoms. The summed E-state index contributed by atoms with van der Waals surface area (Å²) in [6.45, 7) is 2.41. The van der Waals surface area contributed by atoms with Crippen LogP contribution in [0.5, 0.6) is 5.75 Å². The molecule has 1 heterocycles. The van der Waals surface area contributed by atoms with Gasteiger partial charge in [0, 0.05) is 18.3 Å². The SMILES string of the molecule is CCNC(=NCc1cc(C)ccc1OC(F)F)NCc1ccccn1. The highest BCUT2D eigenvalue weighted by molar-refractivity contribution is 5.79. The number of ether oxygens (including phenoxy) is 1. The van der Waals surface area contributed by atoms with Crippen molar-refractivity contribution in [2.45, 2.75) is 33.5 Å². The van der Waals surface area contributed by atoms with Gasteiger partial charge in [0.25, 0.3) is 0 Å². The molecule has 0 aliphatic heterocycles. The van der Waals surface area contributed by atoms with Gasteiger partial charge < -0.3 is 15.4 Å². The largest absolute Gasteiger partial charge is 0.434 e. The highest BCUT2D eigenvalue weighted by Crippen LogP contribution is 2.22. The van der Waals surface area contributed by atoms with Crippen LogP contribution in [-0.2, 0) is 13.1 Å². The van der Waals surface area contributed by atoms with E-state index in [-0.39, 0.29) is 12.3 Å². The number of rotatable bonds is 7. The second-order valence-electron chi connectivity index (χ2n) is 5.36. The minimum absolute atomic E-state index is 0.143. The second-order valence-corrected chi connectivity index (χ2v) is 5.36. The molecule has 0 bridgehead atoms. The molecule has 0 aliphatic rings. The van der Waals surface area contributed by atoms with Crippen molar-refractivity contribution >= 4 is 5.96 Å². The van der Waals surface area contributed by atoms with E-state index in [0.29, 0.717) is 24.6 Å². The van der Waals surface area contributed by atoms with Crippen LogP contribution in [-0.4, -0.2) is 24.1 Å². The maximum absolute atomic E-state index is 12.5. The molecule has 0 saturated heterocycles. The fraction of sp³-hybridized carbons (Fsp3) is 0.333. The van der Waals surface area contributed by atoms with Crippen molar-refractivity contribution in [2.75, 3.05) is 6.54 Å². The Balaban J connectivity index is 2.08. The molecule has 0 fully saturated rings. The fourth-order valence-electron chi connectivity index (χ4n) is 2.23. The van der Waals surface area contributed by atoms with Crippen molar-refractivity contribution in [3.05, 3.63) is 59.4 Å². The Kier molecular flexibility index (Phi) is 7.13. The van der Waals surface area contributed by atoms with Crippen LogP contribution in [0.3, 0.4) is 0 Å². The third kappa shape index (κ3) is 6.37. The number of pyridine rings is 1. The lowest BCUT2D eigenvalue weighted by Crippen LogP contribution is -2.37. The van der Waals surface area contributed by atoms with Gasteiger partial charge in [0.05, 0.1) is 18.8 Å². The van der Waals surface area contributed by atoms with Crippen LogP contribution in [0.2, 0.25) is 0 Å². The van der Waals surface area contributed by atoms with Gasteiger partial charge in [0.2, 0.25) is 0 Å².